The largest absolute Gasteiger partial charge is 0.357 e. The van der Waals surface area contributed by atoms with Gasteiger partial charge in [0.2, 0.25) is 5.91 Å². The summed E-state index contributed by atoms with van der Waals surface area (Å²) in [5.41, 5.74) is 0.761. The van der Waals surface area contributed by atoms with Gasteiger partial charge in [0.15, 0.2) is 0 Å². The Morgan fingerprint density at radius 2 is 2.11 bits per heavy atom. The molecule has 0 spiro atoms. The molecular formula is C19H27N5O2S. The fraction of sp³-hybridized carbons (Fsp3) is 0.632. The van der Waals surface area contributed by atoms with E-state index in [9.17, 15) is 9.59 Å². The molecule has 1 aromatic rings. The summed E-state index contributed by atoms with van der Waals surface area (Å²) < 4.78 is 0. The van der Waals surface area contributed by atoms with Gasteiger partial charge in [-0.1, -0.05) is 6.42 Å². The lowest BCUT2D eigenvalue weighted by Crippen LogP contribution is -2.36. The highest BCUT2D eigenvalue weighted by Crippen LogP contribution is 2.33. The van der Waals surface area contributed by atoms with Crippen molar-refractivity contribution in [3.05, 3.63) is 18.3 Å². The second-order valence-electron chi connectivity index (χ2n) is 7.52. The lowest BCUT2D eigenvalue weighted by molar-refractivity contribution is -0.116. The van der Waals surface area contributed by atoms with Crippen LogP contribution < -0.4 is 20.9 Å². The van der Waals surface area contributed by atoms with Crippen molar-refractivity contribution in [3.8, 4) is 0 Å². The highest BCUT2D eigenvalue weighted by Gasteiger charge is 2.42. The Morgan fingerprint density at radius 3 is 2.89 bits per heavy atom. The molecule has 3 N–H and O–H groups in total. The summed E-state index contributed by atoms with van der Waals surface area (Å²) in [6.45, 7) is 2.14. The number of pyridine rings is 1. The molecule has 3 fully saturated rings. The van der Waals surface area contributed by atoms with Gasteiger partial charge in [0.1, 0.15) is 5.82 Å². The zero-order chi connectivity index (χ0) is 18.6. The van der Waals surface area contributed by atoms with Gasteiger partial charge in [0.05, 0.1) is 24.0 Å². The van der Waals surface area contributed by atoms with Crippen LogP contribution in [0, 0.1) is 0 Å². The average molecular weight is 390 g/mol. The van der Waals surface area contributed by atoms with E-state index in [1.807, 2.05) is 23.9 Å². The number of rotatable bonds is 7. The van der Waals surface area contributed by atoms with E-state index in [2.05, 4.69) is 25.8 Å². The topological polar surface area (TPSA) is 86.4 Å². The molecule has 0 unspecified atom stereocenters. The molecule has 3 aliphatic rings. The lowest BCUT2D eigenvalue weighted by atomic mass is 10.0. The Bertz CT molecular complexity index is 677. The molecule has 3 atom stereocenters. The van der Waals surface area contributed by atoms with Crippen molar-refractivity contribution < 1.29 is 9.59 Å². The maximum Gasteiger partial charge on any atom is 0.315 e. The Hall–Kier alpha value is -1.96. The molecule has 4 heterocycles. The number of unbranched alkanes of at least 4 members (excludes halogenated alkanes) is 1. The van der Waals surface area contributed by atoms with Gasteiger partial charge in [-0.3, -0.25) is 4.79 Å². The van der Waals surface area contributed by atoms with Crippen molar-refractivity contribution >= 4 is 35.2 Å². The van der Waals surface area contributed by atoms with E-state index in [0.717, 1.165) is 49.6 Å². The number of hydrogen-bond donors (Lipinski definition) is 3. The van der Waals surface area contributed by atoms with Gasteiger partial charge >= 0.3 is 6.03 Å². The molecule has 146 valence electrons. The van der Waals surface area contributed by atoms with Crippen LogP contribution in [0.1, 0.15) is 38.5 Å². The van der Waals surface area contributed by atoms with Crippen molar-refractivity contribution in [1.29, 1.82) is 0 Å². The molecule has 0 bridgehead atoms. The first-order valence-corrected chi connectivity index (χ1v) is 10.9. The van der Waals surface area contributed by atoms with E-state index in [1.165, 1.54) is 12.8 Å². The minimum atomic E-state index is -0.0426. The normalized spacial score (nSPS) is 26.6. The van der Waals surface area contributed by atoms with Crippen LogP contribution in [0.15, 0.2) is 18.3 Å². The van der Waals surface area contributed by atoms with E-state index in [-0.39, 0.29) is 24.0 Å². The van der Waals surface area contributed by atoms with Crippen LogP contribution in [0.5, 0.6) is 0 Å². The highest BCUT2D eigenvalue weighted by atomic mass is 32.2. The third kappa shape index (κ3) is 4.48. The number of amides is 3. The monoisotopic (exact) mass is 389 g/mol. The van der Waals surface area contributed by atoms with E-state index < -0.39 is 0 Å². The lowest BCUT2D eigenvalue weighted by Gasteiger charge is -2.17. The number of hydrogen-bond acceptors (Lipinski definition) is 5. The standard InChI is InChI=1S/C19H27N5O2S/c25-17(21-13-7-8-16(20-11-13)24-9-3-4-10-24)6-2-1-5-15-18-14(12-27-15)22-19(26)23-18/h7-8,11,14-15,18H,1-6,9-10,12H2,(H,21,25)(H2,22,23,26)/t14-,15-,18-/m0/s1. The summed E-state index contributed by atoms with van der Waals surface area (Å²) in [5, 5.41) is 9.37. The fourth-order valence-corrected chi connectivity index (χ4v) is 5.63. The van der Waals surface area contributed by atoms with Gasteiger partial charge in [-0.15, -0.1) is 0 Å². The van der Waals surface area contributed by atoms with Crippen molar-refractivity contribution in [2.75, 3.05) is 29.1 Å². The van der Waals surface area contributed by atoms with Crippen molar-refractivity contribution in [2.45, 2.75) is 55.9 Å². The molecule has 3 saturated heterocycles. The minimum Gasteiger partial charge on any atom is -0.357 e. The zero-order valence-corrected chi connectivity index (χ0v) is 16.3. The van der Waals surface area contributed by atoms with Crippen LogP contribution in [0.4, 0.5) is 16.3 Å². The number of carbonyl (C=O) groups is 2. The third-order valence-electron chi connectivity index (χ3n) is 5.54. The first-order chi connectivity index (χ1) is 13.2. The van der Waals surface area contributed by atoms with Gasteiger partial charge in [-0.05, 0) is 37.8 Å². The van der Waals surface area contributed by atoms with Gasteiger partial charge in [0, 0.05) is 30.5 Å². The number of nitrogens with one attached hydrogen (secondary N) is 3. The molecule has 27 heavy (non-hydrogen) atoms. The zero-order valence-electron chi connectivity index (χ0n) is 15.4. The Kier molecular flexibility index (Phi) is 5.71. The summed E-state index contributed by atoms with van der Waals surface area (Å²) in [6.07, 6.45) is 7.61. The number of nitrogens with zero attached hydrogens (tertiary/aromatic N) is 2. The van der Waals surface area contributed by atoms with Crippen molar-refractivity contribution in [2.24, 2.45) is 0 Å². The number of anilines is 2. The number of fused-ring (bicyclic) bond motifs is 1. The van der Waals surface area contributed by atoms with E-state index in [0.29, 0.717) is 11.7 Å². The molecule has 8 heteroatoms. The number of carbonyl (C=O) groups excluding carboxylic acids is 2. The molecule has 3 aliphatic heterocycles. The highest BCUT2D eigenvalue weighted by molar-refractivity contribution is 8.00. The molecule has 3 amide bonds. The molecule has 0 saturated carbocycles. The van der Waals surface area contributed by atoms with E-state index in [4.69, 9.17) is 0 Å². The second kappa shape index (κ2) is 8.37. The molecule has 0 radical (unpaired) electrons. The number of thioether (sulfide) groups is 1. The summed E-state index contributed by atoms with van der Waals surface area (Å²) >= 11 is 1.92. The Labute approximate surface area is 164 Å². The SMILES string of the molecule is O=C(CCCC[C@@H]1SC[C@@H]2NC(=O)N[C@@H]21)Nc1ccc(N2CCCC2)nc1. The quantitative estimate of drug-likeness (QED) is 0.492. The van der Waals surface area contributed by atoms with E-state index >= 15 is 0 Å². The smallest absolute Gasteiger partial charge is 0.315 e. The molecule has 0 aromatic carbocycles. The van der Waals surface area contributed by atoms with Gasteiger partial charge < -0.3 is 20.9 Å². The minimum absolute atomic E-state index is 0.0403. The summed E-state index contributed by atoms with van der Waals surface area (Å²) in [5.74, 6) is 2.01. The molecule has 7 nitrogen and oxygen atoms in total. The first kappa shape index (κ1) is 18.4. The van der Waals surface area contributed by atoms with Crippen LogP contribution in [0.25, 0.3) is 0 Å². The Balaban J connectivity index is 1.15. The van der Waals surface area contributed by atoms with Crippen LogP contribution in [0.3, 0.4) is 0 Å². The molecular weight excluding hydrogens is 362 g/mol. The molecule has 0 aliphatic carbocycles. The van der Waals surface area contributed by atoms with Crippen LogP contribution in [-0.4, -0.2) is 53.1 Å². The fourth-order valence-electron chi connectivity index (χ4n) is 4.09. The Morgan fingerprint density at radius 1 is 1.26 bits per heavy atom. The maximum absolute atomic E-state index is 12.2. The van der Waals surface area contributed by atoms with Gasteiger partial charge in [-0.25, -0.2) is 9.78 Å². The van der Waals surface area contributed by atoms with Crippen LogP contribution in [-0.2, 0) is 4.79 Å². The summed E-state index contributed by atoms with van der Waals surface area (Å²) in [7, 11) is 0. The maximum atomic E-state index is 12.2. The predicted molar refractivity (Wildman–Crippen MR) is 108 cm³/mol. The second-order valence-corrected chi connectivity index (χ2v) is 8.79. The average Bonchev–Trinajstić information content (AvgIpc) is 3.38. The summed E-state index contributed by atoms with van der Waals surface area (Å²) in [6, 6.07) is 4.39. The first-order valence-electron chi connectivity index (χ1n) is 9.88. The van der Waals surface area contributed by atoms with Crippen molar-refractivity contribution in [1.82, 2.24) is 15.6 Å². The number of urea groups is 1. The predicted octanol–water partition coefficient (Wildman–Crippen LogP) is 2.35. The van der Waals surface area contributed by atoms with Crippen LogP contribution >= 0.6 is 11.8 Å². The van der Waals surface area contributed by atoms with Gasteiger partial charge in [0.25, 0.3) is 0 Å². The summed E-state index contributed by atoms with van der Waals surface area (Å²) in [4.78, 5) is 30.3. The van der Waals surface area contributed by atoms with Crippen LogP contribution in [0.2, 0.25) is 0 Å². The van der Waals surface area contributed by atoms with Crippen molar-refractivity contribution in [3.63, 3.8) is 0 Å². The third-order valence-corrected chi connectivity index (χ3v) is 7.05. The molecule has 1 aromatic heterocycles. The van der Waals surface area contributed by atoms with E-state index in [1.54, 1.807) is 6.20 Å². The van der Waals surface area contributed by atoms with Gasteiger partial charge in [-0.2, -0.15) is 11.8 Å². The molecule has 4 rings (SSSR count). The number of aromatic nitrogens is 1.